The third kappa shape index (κ3) is 3.55. The molecule has 2 heterocycles. The number of nitrogens with zero attached hydrogens (tertiary/aromatic N) is 2. The minimum Gasteiger partial charge on any atom is -0.486 e. The number of carbonyl (C=O) groups excluding carboxylic acids is 2. The smallest absolute Gasteiger partial charge is 0.264 e. The van der Waals surface area contributed by atoms with Crippen LogP contribution in [-0.4, -0.2) is 48.6 Å². The molecule has 0 aromatic heterocycles. The molecule has 29 heavy (non-hydrogen) atoms. The first-order valence-electron chi connectivity index (χ1n) is 10.2. The fraction of sp³-hybridized carbons (Fsp3) is 0.500. The van der Waals surface area contributed by atoms with E-state index in [1.54, 1.807) is 11.0 Å². The van der Waals surface area contributed by atoms with Crippen molar-refractivity contribution in [2.45, 2.75) is 31.2 Å². The van der Waals surface area contributed by atoms with E-state index in [1.165, 1.54) is 0 Å². The van der Waals surface area contributed by atoms with Crippen molar-refractivity contribution in [3.05, 3.63) is 35.4 Å². The van der Waals surface area contributed by atoms with Crippen LogP contribution in [0.2, 0.25) is 0 Å². The van der Waals surface area contributed by atoms with E-state index in [2.05, 4.69) is 11.4 Å². The summed E-state index contributed by atoms with van der Waals surface area (Å²) < 4.78 is 11.1. The van der Waals surface area contributed by atoms with Gasteiger partial charge in [0.25, 0.3) is 5.91 Å². The van der Waals surface area contributed by atoms with Crippen LogP contribution in [0.1, 0.15) is 24.8 Å². The van der Waals surface area contributed by atoms with Gasteiger partial charge in [-0.2, -0.15) is 5.26 Å². The molecular weight excluding hydrogens is 370 g/mol. The molecule has 1 saturated heterocycles. The second-order valence-electron chi connectivity index (χ2n) is 8.48. The number of nitriles is 1. The van der Waals surface area contributed by atoms with Crippen molar-refractivity contribution in [1.82, 2.24) is 10.2 Å². The first kappa shape index (κ1) is 18.0. The summed E-state index contributed by atoms with van der Waals surface area (Å²) >= 11 is 0. The Labute approximate surface area is 169 Å². The summed E-state index contributed by atoms with van der Waals surface area (Å²) in [6.45, 7) is 2.13. The van der Waals surface area contributed by atoms with E-state index in [1.807, 2.05) is 18.2 Å². The summed E-state index contributed by atoms with van der Waals surface area (Å²) in [5.74, 6) is 1.77. The van der Waals surface area contributed by atoms with Gasteiger partial charge < -0.3 is 19.7 Å². The van der Waals surface area contributed by atoms with Gasteiger partial charge in [0.2, 0.25) is 5.91 Å². The molecular formula is C22H23N3O4. The number of likely N-dealkylation sites (tertiary alicyclic amines) is 1. The third-order valence-electron chi connectivity index (χ3n) is 6.17. The second-order valence-corrected chi connectivity index (χ2v) is 8.48. The lowest BCUT2D eigenvalue weighted by Gasteiger charge is -2.22. The van der Waals surface area contributed by atoms with Crippen molar-refractivity contribution in [2.24, 2.45) is 11.8 Å². The highest BCUT2D eigenvalue weighted by Gasteiger charge is 2.61. The molecule has 2 atom stereocenters. The number of amides is 2. The number of fused-ring (bicyclic) bond motifs is 2. The van der Waals surface area contributed by atoms with Crippen LogP contribution in [0.15, 0.2) is 29.8 Å². The van der Waals surface area contributed by atoms with Crippen LogP contribution in [0, 0.1) is 23.2 Å². The molecule has 1 aromatic rings. The Morgan fingerprint density at radius 1 is 1.28 bits per heavy atom. The number of piperidine rings is 1. The highest BCUT2D eigenvalue weighted by atomic mass is 16.6. The molecule has 7 nitrogen and oxygen atoms in total. The van der Waals surface area contributed by atoms with Crippen LogP contribution in [0.3, 0.4) is 0 Å². The van der Waals surface area contributed by atoms with E-state index in [0.29, 0.717) is 43.7 Å². The largest absolute Gasteiger partial charge is 0.486 e. The number of nitrogens with one attached hydrogen (secondary N) is 1. The zero-order chi connectivity index (χ0) is 20.0. The highest BCUT2D eigenvalue weighted by molar-refractivity contribution is 5.97. The molecule has 0 radical (unpaired) electrons. The van der Waals surface area contributed by atoms with Crippen LogP contribution in [0.4, 0.5) is 0 Å². The van der Waals surface area contributed by atoms with Crippen LogP contribution >= 0.6 is 0 Å². The molecule has 3 fully saturated rings. The van der Waals surface area contributed by atoms with Gasteiger partial charge in [-0.15, -0.1) is 0 Å². The predicted molar refractivity (Wildman–Crippen MR) is 103 cm³/mol. The van der Waals surface area contributed by atoms with Gasteiger partial charge in [-0.1, -0.05) is 12.1 Å². The minimum absolute atomic E-state index is 0.0625. The van der Waals surface area contributed by atoms with Crippen molar-refractivity contribution in [3.63, 3.8) is 0 Å². The molecule has 2 amide bonds. The molecule has 150 valence electrons. The number of benzene rings is 1. The lowest BCUT2D eigenvalue weighted by Crippen LogP contribution is -2.44. The van der Waals surface area contributed by atoms with Gasteiger partial charge in [0.1, 0.15) is 24.9 Å². The van der Waals surface area contributed by atoms with Gasteiger partial charge in [-0.3, -0.25) is 9.59 Å². The van der Waals surface area contributed by atoms with Crippen LogP contribution in [0.25, 0.3) is 0 Å². The molecule has 1 N–H and O–H groups in total. The Bertz CT molecular complexity index is 946. The molecule has 2 aliphatic heterocycles. The quantitative estimate of drug-likeness (QED) is 0.606. The van der Waals surface area contributed by atoms with E-state index in [4.69, 9.17) is 9.47 Å². The maximum absolute atomic E-state index is 12.7. The fourth-order valence-electron chi connectivity index (χ4n) is 4.36. The first-order chi connectivity index (χ1) is 14.1. The van der Waals surface area contributed by atoms with Crippen molar-refractivity contribution < 1.29 is 19.1 Å². The standard InChI is InChI=1S/C22H23N3O4/c23-11-16(7-14-1-2-14)21(27)25-12-17-10-22(17,13-25)24-20(26)9-15-3-4-18-19(8-15)29-6-5-28-18/h3-4,7-8,14,17H,1-2,5-6,9-10,12-13H2,(H,24,26)/b16-7-/t17-,22-/m1/s1. The third-order valence-corrected chi connectivity index (χ3v) is 6.17. The molecule has 1 aromatic carbocycles. The number of hydrogen-bond donors (Lipinski definition) is 1. The number of allylic oxidation sites excluding steroid dienone is 1. The van der Waals surface area contributed by atoms with E-state index >= 15 is 0 Å². The molecule has 4 aliphatic rings. The van der Waals surface area contributed by atoms with Gasteiger partial charge in [0, 0.05) is 19.0 Å². The molecule has 5 rings (SSSR count). The summed E-state index contributed by atoms with van der Waals surface area (Å²) in [5.41, 5.74) is 0.776. The monoisotopic (exact) mass is 393 g/mol. The van der Waals surface area contributed by atoms with Crippen molar-refractivity contribution in [1.29, 1.82) is 5.26 Å². The maximum Gasteiger partial charge on any atom is 0.264 e. The van der Waals surface area contributed by atoms with E-state index in [0.717, 1.165) is 24.8 Å². The van der Waals surface area contributed by atoms with E-state index in [9.17, 15) is 14.9 Å². The molecule has 2 saturated carbocycles. The number of rotatable bonds is 5. The van der Waals surface area contributed by atoms with Crippen molar-refractivity contribution in [2.75, 3.05) is 26.3 Å². The summed E-state index contributed by atoms with van der Waals surface area (Å²) in [6.07, 6.45) is 5.06. The molecule has 0 unspecified atom stereocenters. The Kier molecular flexibility index (Phi) is 4.23. The van der Waals surface area contributed by atoms with Gasteiger partial charge in [0.15, 0.2) is 11.5 Å². The van der Waals surface area contributed by atoms with Crippen LogP contribution in [0.5, 0.6) is 11.5 Å². The normalized spacial score (nSPS) is 27.1. The zero-order valence-electron chi connectivity index (χ0n) is 16.1. The Hall–Kier alpha value is -3.01. The summed E-state index contributed by atoms with van der Waals surface area (Å²) in [4.78, 5) is 27.0. The first-order valence-corrected chi connectivity index (χ1v) is 10.2. The highest BCUT2D eigenvalue weighted by Crippen LogP contribution is 2.50. The average molecular weight is 393 g/mol. The van der Waals surface area contributed by atoms with Gasteiger partial charge in [-0.25, -0.2) is 0 Å². The van der Waals surface area contributed by atoms with Crippen molar-refractivity contribution in [3.8, 4) is 17.6 Å². The fourth-order valence-corrected chi connectivity index (χ4v) is 4.36. The number of ether oxygens (including phenoxy) is 2. The van der Waals surface area contributed by atoms with Gasteiger partial charge in [-0.05, 0) is 42.9 Å². The Morgan fingerprint density at radius 2 is 2.07 bits per heavy atom. The van der Waals surface area contributed by atoms with Crippen LogP contribution < -0.4 is 14.8 Å². The minimum atomic E-state index is -0.333. The lowest BCUT2D eigenvalue weighted by atomic mass is 10.1. The SMILES string of the molecule is N#C/C(=C/C1CC1)C(=O)N1C[C@H]2C[C@@]2(NC(=O)Cc2ccc3c(c2)OCCO3)C1. The van der Waals surface area contributed by atoms with E-state index in [-0.39, 0.29) is 35.3 Å². The Balaban J connectivity index is 1.20. The topological polar surface area (TPSA) is 91.7 Å². The van der Waals surface area contributed by atoms with Gasteiger partial charge in [0.05, 0.1) is 12.0 Å². The van der Waals surface area contributed by atoms with Crippen molar-refractivity contribution >= 4 is 11.8 Å². The summed E-state index contributed by atoms with van der Waals surface area (Å²) in [5, 5.41) is 12.5. The summed E-state index contributed by atoms with van der Waals surface area (Å²) in [7, 11) is 0. The average Bonchev–Trinajstić information content (AvgIpc) is 3.63. The zero-order valence-corrected chi connectivity index (χ0v) is 16.1. The molecule has 2 aliphatic carbocycles. The maximum atomic E-state index is 12.7. The lowest BCUT2D eigenvalue weighted by molar-refractivity contribution is -0.127. The van der Waals surface area contributed by atoms with Crippen LogP contribution in [-0.2, 0) is 16.0 Å². The molecule has 7 heteroatoms. The molecule has 0 bridgehead atoms. The summed E-state index contributed by atoms with van der Waals surface area (Å²) in [6, 6.07) is 7.61. The Morgan fingerprint density at radius 3 is 2.83 bits per heavy atom. The molecule has 0 spiro atoms. The van der Waals surface area contributed by atoms with Gasteiger partial charge >= 0.3 is 0 Å². The van der Waals surface area contributed by atoms with E-state index < -0.39 is 0 Å². The second kappa shape index (κ2) is 6.80. The predicted octanol–water partition coefficient (Wildman–Crippen LogP) is 1.58. The number of carbonyl (C=O) groups is 2. The number of hydrogen-bond acceptors (Lipinski definition) is 5.